The second-order valence-corrected chi connectivity index (χ2v) is 6.25. The van der Waals surface area contributed by atoms with Gasteiger partial charge in [-0.15, -0.1) is 15.0 Å². The van der Waals surface area contributed by atoms with E-state index in [0.717, 1.165) is 26.2 Å². The van der Waals surface area contributed by atoms with Crippen LogP contribution in [-0.2, 0) is 0 Å². The minimum Gasteiger partial charge on any atom is -0.494 e. The molecular weight excluding hydrogens is 340 g/mol. The van der Waals surface area contributed by atoms with Crippen LogP contribution in [0.3, 0.4) is 0 Å². The van der Waals surface area contributed by atoms with Crippen LogP contribution in [0.1, 0.15) is 5.69 Å². The fourth-order valence-corrected chi connectivity index (χ4v) is 3.30. The number of anilines is 2. The molecule has 3 aromatic rings. The molecule has 0 saturated carbocycles. The Morgan fingerprint density at radius 1 is 0.889 bits per heavy atom. The Labute approximate surface area is 158 Å². The summed E-state index contributed by atoms with van der Waals surface area (Å²) in [7, 11) is 1.61. The average molecular weight is 360 g/mol. The average Bonchev–Trinajstić information content (AvgIpc) is 3.19. The SMILES string of the molecule is COc1ccccc1-n1nc(C#N)c(N2CCN(c3ccccc3)CC2)n1. The Morgan fingerprint density at radius 3 is 2.26 bits per heavy atom. The monoisotopic (exact) mass is 360 g/mol. The first-order valence-corrected chi connectivity index (χ1v) is 8.86. The highest BCUT2D eigenvalue weighted by Crippen LogP contribution is 2.25. The van der Waals surface area contributed by atoms with Gasteiger partial charge in [0.25, 0.3) is 0 Å². The first kappa shape index (κ1) is 16.9. The molecule has 4 rings (SSSR count). The van der Waals surface area contributed by atoms with Crippen molar-refractivity contribution in [1.82, 2.24) is 15.0 Å². The van der Waals surface area contributed by atoms with Gasteiger partial charge in [-0.1, -0.05) is 30.3 Å². The van der Waals surface area contributed by atoms with E-state index >= 15 is 0 Å². The smallest absolute Gasteiger partial charge is 0.207 e. The molecule has 2 aromatic carbocycles. The minimum absolute atomic E-state index is 0.328. The molecule has 1 saturated heterocycles. The van der Waals surface area contributed by atoms with Gasteiger partial charge in [-0.2, -0.15) is 5.26 Å². The number of piperazine rings is 1. The number of benzene rings is 2. The number of para-hydroxylation sites is 3. The number of rotatable bonds is 4. The van der Waals surface area contributed by atoms with E-state index in [9.17, 15) is 5.26 Å². The topological polar surface area (TPSA) is 70.2 Å². The van der Waals surface area contributed by atoms with Gasteiger partial charge in [0, 0.05) is 31.9 Å². The second kappa shape index (κ2) is 7.38. The number of nitriles is 1. The molecule has 0 unspecified atom stereocenters. The van der Waals surface area contributed by atoms with Crippen molar-refractivity contribution in [3.05, 3.63) is 60.3 Å². The van der Waals surface area contributed by atoms with Crippen LogP contribution in [0, 0.1) is 11.3 Å². The van der Waals surface area contributed by atoms with Crippen molar-refractivity contribution in [2.24, 2.45) is 0 Å². The summed E-state index contributed by atoms with van der Waals surface area (Å²) in [5.41, 5.74) is 2.26. The summed E-state index contributed by atoms with van der Waals surface area (Å²) < 4.78 is 5.39. The Kier molecular flexibility index (Phi) is 4.62. The summed E-state index contributed by atoms with van der Waals surface area (Å²) >= 11 is 0. The summed E-state index contributed by atoms with van der Waals surface area (Å²) in [4.78, 5) is 5.94. The van der Waals surface area contributed by atoms with Crippen molar-refractivity contribution in [2.45, 2.75) is 0 Å². The zero-order valence-electron chi connectivity index (χ0n) is 15.1. The molecule has 2 heterocycles. The highest BCUT2D eigenvalue weighted by atomic mass is 16.5. The Morgan fingerprint density at radius 2 is 1.56 bits per heavy atom. The van der Waals surface area contributed by atoms with Crippen LogP contribution in [0.5, 0.6) is 5.75 Å². The van der Waals surface area contributed by atoms with E-state index in [4.69, 9.17) is 4.74 Å². The highest BCUT2D eigenvalue weighted by Gasteiger charge is 2.24. The molecule has 1 fully saturated rings. The van der Waals surface area contributed by atoms with Crippen LogP contribution in [0.2, 0.25) is 0 Å². The third-order valence-electron chi connectivity index (χ3n) is 4.70. The van der Waals surface area contributed by atoms with Crippen LogP contribution in [0.15, 0.2) is 54.6 Å². The van der Waals surface area contributed by atoms with E-state index < -0.39 is 0 Å². The van der Waals surface area contributed by atoms with Crippen LogP contribution in [-0.4, -0.2) is 48.3 Å². The predicted octanol–water partition coefficient (Wildman–Crippen LogP) is 2.47. The van der Waals surface area contributed by atoms with Crippen LogP contribution >= 0.6 is 0 Å². The van der Waals surface area contributed by atoms with E-state index in [-0.39, 0.29) is 0 Å². The van der Waals surface area contributed by atoms with E-state index in [1.807, 2.05) is 42.5 Å². The van der Waals surface area contributed by atoms with Crippen molar-refractivity contribution in [1.29, 1.82) is 5.26 Å². The number of aromatic nitrogens is 3. The first-order valence-electron chi connectivity index (χ1n) is 8.86. The van der Waals surface area contributed by atoms with E-state index in [1.54, 1.807) is 7.11 Å². The van der Waals surface area contributed by atoms with Crippen LogP contribution in [0.4, 0.5) is 11.5 Å². The molecule has 1 aliphatic heterocycles. The maximum Gasteiger partial charge on any atom is 0.207 e. The highest BCUT2D eigenvalue weighted by molar-refractivity contribution is 5.54. The number of hydrogen-bond donors (Lipinski definition) is 0. The predicted molar refractivity (Wildman–Crippen MR) is 103 cm³/mol. The van der Waals surface area contributed by atoms with Gasteiger partial charge in [-0.05, 0) is 24.3 Å². The minimum atomic E-state index is 0.328. The molecule has 0 spiro atoms. The number of hydrogen-bond acceptors (Lipinski definition) is 6. The van der Waals surface area contributed by atoms with Gasteiger partial charge in [0.2, 0.25) is 5.69 Å². The molecule has 136 valence electrons. The van der Waals surface area contributed by atoms with Gasteiger partial charge in [0.15, 0.2) is 5.82 Å². The van der Waals surface area contributed by atoms with Gasteiger partial charge in [-0.25, -0.2) is 0 Å². The summed E-state index contributed by atoms with van der Waals surface area (Å²) in [6.45, 7) is 3.31. The third kappa shape index (κ3) is 3.29. The number of nitrogens with zero attached hydrogens (tertiary/aromatic N) is 6. The molecule has 1 aliphatic rings. The van der Waals surface area contributed by atoms with Crippen molar-refractivity contribution >= 4 is 11.5 Å². The van der Waals surface area contributed by atoms with Crippen molar-refractivity contribution in [2.75, 3.05) is 43.1 Å². The zero-order chi connectivity index (χ0) is 18.6. The van der Waals surface area contributed by atoms with Crippen molar-refractivity contribution in [3.8, 4) is 17.5 Å². The lowest BCUT2D eigenvalue weighted by Gasteiger charge is -2.36. The van der Waals surface area contributed by atoms with Gasteiger partial charge < -0.3 is 14.5 Å². The van der Waals surface area contributed by atoms with Gasteiger partial charge in [0.1, 0.15) is 17.5 Å². The summed E-state index contributed by atoms with van der Waals surface area (Å²) in [6, 6.07) is 20.0. The fraction of sp³-hybridized carbons (Fsp3) is 0.250. The molecule has 0 N–H and O–H groups in total. The molecule has 0 amide bonds. The van der Waals surface area contributed by atoms with Crippen molar-refractivity contribution in [3.63, 3.8) is 0 Å². The molecular formula is C20H20N6O. The Bertz CT molecular complexity index is 954. The molecule has 0 bridgehead atoms. The number of methoxy groups -OCH3 is 1. The second-order valence-electron chi connectivity index (χ2n) is 6.25. The fourth-order valence-electron chi connectivity index (χ4n) is 3.30. The molecule has 7 heteroatoms. The molecule has 7 nitrogen and oxygen atoms in total. The largest absolute Gasteiger partial charge is 0.494 e. The lowest BCUT2D eigenvalue weighted by atomic mass is 10.2. The molecule has 0 aliphatic carbocycles. The Hall–Kier alpha value is -3.53. The molecule has 0 atom stereocenters. The summed E-state index contributed by atoms with van der Waals surface area (Å²) in [5.74, 6) is 1.29. The zero-order valence-corrected chi connectivity index (χ0v) is 15.1. The summed E-state index contributed by atoms with van der Waals surface area (Å²) in [5, 5.41) is 18.5. The molecule has 27 heavy (non-hydrogen) atoms. The molecule has 0 radical (unpaired) electrons. The maximum absolute atomic E-state index is 9.53. The van der Waals surface area contributed by atoms with E-state index in [2.05, 4.69) is 38.2 Å². The Balaban J connectivity index is 1.56. The van der Waals surface area contributed by atoms with E-state index in [0.29, 0.717) is 22.9 Å². The lowest BCUT2D eigenvalue weighted by Crippen LogP contribution is -2.47. The van der Waals surface area contributed by atoms with Gasteiger partial charge in [-0.3, -0.25) is 0 Å². The van der Waals surface area contributed by atoms with E-state index in [1.165, 1.54) is 10.5 Å². The van der Waals surface area contributed by atoms with Crippen LogP contribution < -0.4 is 14.5 Å². The number of ether oxygens (including phenoxy) is 1. The van der Waals surface area contributed by atoms with Crippen molar-refractivity contribution < 1.29 is 4.74 Å². The van der Waals surface area contributed by atoms with Crippen LogP contribution in [0.25, 0.3) is 5.69 Å². The first-order chi connectivity index (χ1) is 13.3. The molecule has 1 aromatic heterocycles. The summed E-state index contributed by atoms with van der Waals surface area (Å²) in [6.07, 6.45) is 0. The standard InChI is InChI=1S/C20H20N6O/c1-27-19-10-6-5-9-18(19)26-22-17(15-21)20(23-26)25-13-11-24(12-14-25)16-7-3-2-4-8-16/h2-10H,11-14H2,1H3. The third-order valence-corrected chi connectivity index (χ3v) is 4.70. The normalized spacial score (nSPS) is 14.1. The quantitative estimate of drug-likeness (QED) is 0.712. The lowest BCUT2D eigenvalue weighted by molar-refractivity contribution is 0.410. The maximum atomic E-state index is 9.53. The van der Waals surface area contributed by atoms with Gasteiger partial charge in [0.05, 0.1) is 7.11 Å². The van der Waals surface area contributed by atoms with Gasteiger partial charge >= 0.3 is 0 Å².